The van der Waals surface area contributed by atoms with Crippen molar-refractivity contribution in [2.75, 3.05) is 0 Å². The van der Waals surface area contributed by atoms with Gasteiger partial charge in [0.2, 0.25) is 0 Å². The van der Waals surface area contributed by atoms with E-state index < -0.39 is 29.7 Å². The summed E-state index contributed by atoms with van der Waals surface area (Å²) in [6.07, 6.45) is 7.06. The van der Waals surface area contributed by atoms with E-state index in [-0.39, 0.29) is 5.41 Å². The maximum atomic E-state index is 11.1. The van der Waals surface area contributed by atoms with Crippen molar-refractivity contribution in [3.63, 3.8) is 0 Å². The number of hydrogen-bond acceptors (Lipinski definition) is 4. The Bertz CT molecular complexity index is 625. The Balaban J connectivity index is 1.79. The van der Waals surface area contributed by atoms with Crippen LogP contribution in [0, 0.1) is 11.3 Å². The monoisotopic (exact) mass is 408 g/mol. The van der Waals surface area contributed by atoms with Gasteiger partial charge in [0.25, 0.3) is 0 Å². The average molecular weight is 409 g/mol. The van der Waals surface area contributed by atoms with Gasteiger partial charge in [-0.2, -0.15) is 0 Å². The van der Waals surface area contributed by atoms with Crippen LogP contribution in [0.1, 0.15) is 92.4 Å². The van der Waals surface area contributed by atoms with Crippen LogP contribution in [0.3, 0.4) is 0 Å². The van der Waals surface area contributed by atoms with E-state index in [0.717, 1.165) is 24.8 Å². The molecule has 0 radical (unpaired) electrons. The Hall–Kier alpha value is -1.17. The van der Waals surface area contributed by atoms with Crippen molar-refractivity contribution in [2.45, 2.75) is 110 Å². The summed E-state index contributed by atoms with van der Waals surface area (Å²) in [7, 11) is 0. The Morgan fingerprint density at radius 2 is 2.00 bits per heavy atom. The van der Waals surface area contributed by atoms with Gasteiger partial charge in [0.1, 0.15) is 11.7 Å². The van der Waals surface area contributed by atoms with E-state index in [1.54, 1.807) is 6.92 Å². The van der Waals surface area contributed by atoms with E-state index >= 15 is 0 Å². The highest BCUT2D eigenvalue weighted by molar-refractivity contribution is 5.70. The normalized spacial score (nSPS) is 29.4. The molecular weight excluding hydrogens is 368 g/mol. The highest BCUT2D eigenvalue weighted by Gasteiger charge is 2.38. The Kier molecular flexibility index (Phi) is 8.11. The number of carboxylic acid groups (broad SMARTS) is 1. The highest BCUT2D eigenvalue weighted by Crippen LogP contribution is 2.43. The van der Waals surface area contributed by atoms with E-state index in [4.69, 9.17) is 14.9 Å². The second-order valence-corrected chi connectivity index (χ2v) is 10.0. The van der Waals surface area contributed by atoms with Gasteiger partial charge in [-0.1, -0.05) is 31.6 Å². The molecule has 0 bridgehead atoms. The predicted octanol–water partition coefficient (Wildman–Crippen LogP) is 5.58. The molecule has 0 aromatic carbocycles. The molecule has 1 saturated heterocycles. The van der Waals surface area contributed by atoms with Gasteiger partial charge in [0.15, 0.2) is 0 Å². The molecule has 29 heavy (non-hydrogen) atoms. The molecule has 5 heteroatoms. The van der Waals surface area contributed by atoms with Crippen LogP contribution in [0.2, 0.25) is 0 Å². The first kappa shape index (κ1) is 24.1. The second kappa shape index (κ2) is 9.76. The smallest absolute Gasteiger partial charge is 0.308 e. The van der Waals surface area contributed by atoms with Gasteiger partial charge in [0.05, 0.1) is 12.0 Å². The van der Waals surface area contributed by atoms with Crippen LogP contribution in [0.4, 0.5) is 0 Å². The first-order valence-corrected chi connectivity index (χ1v) is 11.1. The molecule has 166 valence electrons. The van der Waals surface area contributed by atoms with Gasteiger partial charge in [-0.15, -0.1) is 0 Å². The molecule has 0 aromatic rings. The molecule has 4 atom stereocenters. The van der Waals surface area contributed by atoms with E-state index in [1.165, 1.54) is 30.4 Å². The number of carboxylic acids is 1. The number of hydrogen-bond donors (Lipinski definition) is 2. The molecule has 0 aromatic heterocycles. The van der Waals surface area contributed by atoms with Gasteiger partial charge in [-0.3, -0.25) is 4.79 Å². The molecule has 1 fully saturated rings. The van der Waals surface area contributed by atoms with Gasteiger partial charge < -0.3 is 10.2 Å². The van der Waals surface area contributed by atoms with Crippen molar-refractivity contribution >= 4 is 5.97 Å². The quantitative estimate of drug-likeness (QED) is 0.385. The Morgan fingerprint density at radius 1 is 1.31 bits per heavy atom. The van der Waals surface area contributed by atoms with Crippen molar-refractivity contribution in [3.05, 3.63) is 23.3 Å². The zero-order valence-corrected chi connectivity index (χ0v) is 18.9. The van der Waals surface area contributed by atoms with Crippen LogP contribution in [-0.4, -0.2) is 34.0 Å². The standard InChI is InChI=1S/C24H40O5/c1-16-8-7-13-23(4,5)19(16)10-9-17(2)20(25)11-14-24(6)15-12-21(28-29-24)18(3)22(26)27/h18,20-21,25H,2,7-15H2,1,3-6H3,(H,26,27)/t18-,20?,21-,24+/m1/s1. The number of carbonyl (C=O) groups is 1. The van der Waals surface area contributed by atoms with E-state index in [1.807, 2.05) is 6.92 Å². The minimum absolute atomic E-state index is 0.248. The zero-order valence-electron chi connectivity index (χ0n) is 18.9. The fourth-order valence-electron chi connectivity index (χ4n) is 4.70. The summed E-state index contributed by atoms with van der Waals surface area (Å²) in [6, 6.07) is 0. The second-order valence-electron chi connectivity index (χ2n) is 10.0. The third-order valence-corrected chi connectivity index (χ3v) is 7.08. The first-order chi connectivity index (χ1) is 13.4. The van der Waals surface area contributed by atoms with Gasteiger partial charge >= 0.3 is 5.97 Å². The minimum Gasteiger partial charge on any atom is -0.481 e. The molecule has 0 amide bonds. The zero-order chi connectivity index (χ0) is 21.8. The van der Waals surface area contributed by atoms with Crippen molar-refractivity contribution < 1.29 is 24.8 Å². The molecule has 1 aliphatic carbocycles. The number of aliphatic hydroxyl groups excluding tert-OH is 1. The van der Waals surface area contributed by atoms with Crippen LogP contribution < -0.4 is 0 Å². The molecule has 1 heterocycles. The number of rotatable bonds is 9. The van der Waals surface area contributed by atoms with Gasteiger partial charge in [0, 0.05) is 0 Å². The van der Waals surface area contributed by atoms with E-state index in [0.29, 0.717) is 19.3 Å². The third kappa shape index (κ3) is 6.40. The van der Waals surface area contributed by atoms with Crippen molar-refractivity contribution in [1.29, 1.82) is 0 Å². The minimum atomic E-state index is -0.875. The molecule has 5 nitrogen and oxygen atoms in total. The molecule has 2 aliphatic rings. The maximum absolute atomic E-state index is 11.1. The fourth-order valence-corrected chi connectivity index (χ4v) is 4.70. The van der Waals surface area contributed by atoms with E-state index in [9.17, 15) is 9.90 Å². The molecule has 0 spiro atoms. The summed E-state index contributed by atoms with van der Waals surface area (Å²) in [5, 5.41) is 19.7. The highest BCUT2D eigenvalue weighted by atomic mass is 17.2. The molecule has 2 rings (SSSR count). The molecule has 0 saturated carbocycles. The predicted molar refractivity (Wildman–Crippen MR) is 114 cm³/mol. The number of aliphatic carboxylic acids is 1. The summed E-state index contributed by atoms with van der Waals surface area (Å²) in [6.45, 7) is 14.6. The molecule has 2 N–H and O–H groups in total. The summed E-state index contributed by atoms with van der Waals surface area (Å²) >= 11 is 0. The van der Waals surface area contributed by atoms with Gasteiger partial charge in [-0.25, -0.2) is 9.78 Å². The average Bonchev–Trinajstić information content (AvgIpc) is 2.65. The summed E-state index contributed by atoms with van der Waals surface area (Å²) in [5.41, 5.74) is 3.67. The van der Waals surface area contributed by atoms with E-state index in [2.05, 4.69) is 27.4 Å². The van der Waals surface area contributed by atoms with Crippen LogP contribution in [-0.2, 0) is 14.6 Å². The largest absolute Gasteiger partial charge is 0.481 e. The van der Waals surface area contributed by atoms with Crippen LogP contribution in [0.5, 0.6) is 0 Å². The molecular formula is C24H40O5. The number of aliphatic hydroxyl groups is 1. The van der Waals surface area contributed by atoms with Crippen LogP contribution in [0.15, 0.2) is 23.3 Å². The SMILES string of the molecule is C=C(CCC1=C(C)CCCC1(C)C)C(O)CC[C@@]1(C)CC[C@H]([C@@H](C)C(=O)O)OO1. The van der Waals surface area contributed by atoms with Crippen LogP contribution >= 0.6 is 0 Å². The third-order valence-electron chi connectivity index (χ3n) is 7.08. The molecule has 1 unspecified atom stereocenters. The maximum Gasteiger partial charge on any atom is 0.308 e. The lowest BCUT2D eigenvalue weighted by atomic mass is 9.71. The first-order valence-electron chi connectivity index (χ1n) is 11.1. The topological polar surface area (TPSA) is 76.0 Å². The lowest BCUT2D eigenvalue weighted by Crippen LogP contribution is -2.41. The lowest BCUT2D eigenvalue weighted by Gasteiger charge is -2.37. The lowest BCUT2D eigenvalue weighted by molar-refractivity contribution is -0.411. The summed E-state index contributed by atoms with van der Waals surface area (Å²) < 4.78 is 0. The Morgan fingerprint density at radius 3 is 2.55 bits per heavy atom. The van der Waals surface area contributed by atoms with Gasteiger partial charge in [-0.05, 0) is 89.5 Å². The summed E-state index contributed by atoms with van der Waals surface area (Å²) in [4.78, 5) is 22.0. The van der Waals surface area contributed by atoms with Crippen molar-refractivity contribution in [2.24, 2.45) is 11.3 Å². The molecule has 1 aliphatic heterocycles. The van der Waals surface area contributed by atoms with Crippen molar-refractivity contribution in [1.82, 2.24) is 0 Å². The Labute approximate surface area is 176 Å². The fraction of sp³-hybridized carbons (Fsp3) is 0.792. The summed E-state index contributed by atoms with van der Waals surface area (Å²) in [5.74, 6) is -1.47. The number of allylic oxidation sites excluding steroid dienone is 2. The van der Waals surface area contributed by atoms with Crippen LogP contribution in [0.25, 0.3) is 0 Å². The van der Waals surface area contributed by atoms with Crippen molar-refractivity contribution in [3.8, 4) is 0 Å².